The summed E-state index contributed by atoms with van der Waals surface area (Å²) < 4.78 is 10.8. The molecule has 0 fully saturated rings. The zero-order valence-corrected chi connectivity index (χ0v) is 16.4. The van der Waals surface area contributed by atoms with Crippen molar-refractivity contribution in [1.29, 1.82) is 0 Å². The average Bonchev–Trinajstić information content (AvgIpc) is 3.37. The zero-order valence-electron chi connectivity index (χ0n) is 15.6. The molecule has 0 saturated heterocycles. The maximum Gasteiger partial charge on any atom is 0.273 e. The largest absolute Gasteiger partial charge is 0.486 e. The number of hydrogen-bond donors (Lipinski definition) is 2. The summed E-state index contributed by atoms with van der Waals surface area (Å²) >= 11 is 1.39. The average molecular weight is 399 g/mol. The number of carbonyl (C=O) groups is 2. The van der Waals surface area contributed by atoms with Gasteiger partial charge in [-0.3, -0.25) is 9.59 Å². The number of benzene rings is 1. The lowest BCUT2D eigenvalue weighted by molar-refractivity contribution is 0.0939. The minimum absolute atomic E-state index is 0.144. The van der Waals surface area contributed by atoms with Gasteiger partial charge in [-0.2, -0.15) is 0 Å². The van der Waals surface area contributed by atoms with Gasteiger partial charge in [-0.1, -0.05) is 25.1 Å². The maximum atomic E-state index is 12.0. The predicted octanol–water partition coefficient (Wildman–Crippen LogP) is 3.95. The van der Waals surface area contributed by atoms with E-state index in [0.29, 0.717) is 34.5 Å². The molecule has 3 rings (SSSR count). The van der Waals surface area contributed by atoms with Crippen LogP contribution in [0.3, 0.4) is 0 Å². The lowest BCUT2D eigenvalue weighted by Crippen LogP contribution is -2.27. The van der Waals surface area contributed by atoms with Gasteiger partial charge in [-0.05, 0) is 41.6 Å². The third kappa shape index (κ3) is 5.43. The molecule has 0 saturated carbocycles. The molecule has 0 atom stereocenters. The first-order valence-corrected chi connectivity index (χ1v) is 9.70. The summed E-state index contributed by atoms with van der Waals surface area (Å²) in [4.78, 5) is 24.6. The Balaban J connectivity index is 1.50. The van der Waals surface area contributed by atoms with Crippen molar-refractivity contribution in [3.8, 4) is 5.75 Å². The summed E-state index contributed by atoms with van der Waals surface area (Å²) in [5, 5.41) is 11.2. The van der Waals surface area contributed by atoms with Gasteiger partial charge in [-0.25, -0.2) is 0 Å². The van der Waals surface area contributed by atoms with E-state index < -0.39 is 0 Å². The van der Waals surface area contributed by atoms with Gasteiger partial charge < -0.3 is 19.9 Å². The van der Waals surface area contributed by atoms with Crippen LogP contribution in [0.25, 0.3) is 0 Å². The monoisotopic (exact) mass is 399 g/mol. The van der Waals surface area contributed by atoms with Gasteiger partial charge in [0.15, 0.2) is 11.5 Å². The van der Waals surface area contributed by atoms with E-state index in [1.165, 1.54) is 11.3 Å². The highest BCUT2D eigenvalue weighted by molar-refractivity contribution is 7.12. The van der Waals surface area contributed by atoms with Crippen molar-refractivity contribution in [3.05, 3.63) is 64.2 Å². The molecule has 2 amide bonds. The van der Waals surface area contributed by atoms with Gasteiger partial charge in [0.05, 0.1) is 4.88 Å². The summed E-state index contributed by atoms with van der Waals surface area (Å²) in [6.45, 7) is 4.75. The van der Waals surface area contributed by atoms with E-state index in [9.17, 15) is 9.59 Å². The van der Waals surface area contributed by atoms with E-state index in [2.05, 4.69) is 15.8 Å². The fourth-order valence-corrected chi connectivity index (χ4v) is 2.88. The molecule has 0 aliphatic carbocycles. The van der Waals surface area contributed by atoms with Crippen molar-refractivity contribution in [1.82, 2.24) is 10.5 Å². The maximum absolute atomic E-state index is 12.0. The van der Waals surface area contributed by atoms with Crippen LogP contribution in [-0.2, 0) is 6.61 Å². The van der Waals surface area contributed by atoms with Crippen LogP contribution in [-0.4, -0.2) is 23.5 Å². The molecular formula is C20H21N3O4S. The van der Waals surface area contributed by atoms with Crippen molar-refractivity contribution in [2.24, 2.45) is 5.92 Å². The van der Waals surface area contributed by atoms with Gasteiger partial charge in [0, 0.05) is 18.3 Å². The van der Waals surface area contributed by atoms with E-state index >= 15 is 0 Å². The van der Waals surface area contributed by atoms with Gasteiger partial charge >= 0.3 is 0 Å². The standard InChI is InChI=1S/C20H21N3O4S/c1-13(2)11-21-19(24)17-10-16(27-23-17)12-26-15-7-5-14(6-8-15)22-20(25)18-4-3-9-28-18/h3-10,13H,11-12H2,1-2H3,(H,21,24)(H,22,25). The number of hydrogen-bond acceptors (Lipinski definition) is 6. The Kier molecular flexibility index (Phi) is 6.44. The zero-order chi connectivity index (χ0) is 19.9. The molecule has 0 aliphatic heterocycles. The van der Waals surface area contributed by atoms with Crippen molar-refractivity contribution in [2.45, 2.75) is 20.5 Å². The first-order valence-electron chi connectivity index (χ1n) is 8.83. The van der Waals surface area contributed by atoms with Crippen molar-refractivity contribution < 1.29 is 18.8 Å². The molecule has 0 aliphatic rings. The molecule has 0 spiro atoms. The van der Waals surface area contributed by atoms with E-state index in [1.54, 1.807) is 36.4 Å². The lowest BCUT2D eigenvalue weighted by Gasteiger charge is -2.06. The van der Waals surface area contributed by atoms with Gasteiger partial charge in [0.1, 0.15) is 12.4 Å². The number of aromatic nitrogens is 1. The highest BCUT2D eigenvalue weighted by Crippen LogP contribution is 2.19. The highest BCUT2D eigenvalue weighted by Gasteiger charge is 2.13. The molecule has 28 heavy (non-hydrogen) atoms. The van der Waals surface area contributed by atoms with Crippen LogP contribution in [0.4, 0.5) is 5.69 Å². The first-order chi connectivity index (χ1) is 13.5. The molecule has 3 aromatic rings. The Morgan fingerprint density at radius 1 is 1.18 bits per heavy atom. The molecule has 8 heteroatoms. The summed E-state index contributed by atoms with van der Waals surface area (Å²) in [5.41, 5.74) is 0.903. The Bertz CT molecular complexity index is 917. The van der Waals surface area contributed by atoms with Crippen LogP contribution in [0.5, 0.6) is 5.75 Å². The predicted molar refractivity (Wildman–Crippen MR) is 107 cm³/mol. The third-order valence-corrected chi connectivity index (χ3v) is 4.57. The second-order valence-corrected chi connectivity index (χ2v) is 7.47. The quantitative estimate of drug-likeness (QED) is 0.598. The Morgan fingerprint density at radius 2 is 1.96 bits per heavy atom. The van der Waals surface area contributed by atoms with E-state index in [1.807, 2.05) is 25.3 Å². The number of carbonyl (C=O) groups excluding carboxylic acids is 2. The summed E-state index contributed by atoms with van der Waals surface area (Å²) in [7, 11) is 0. The normalized spacial score (nSPS) is 10.7. The first kappa shape index (κ1) is 19.6. The van der Waals surface area contributed by atoms with Crippen molar-refractivity contribution in [3.63, 3.8) is 0 Å². The van der Waals surface area contributed by atoms with Crippen LogP contribution in [0.15, 0.2) is 52.4 Å². The second-order valence-electron chi connectivity index (χ2n) is 6.53. The minimum atomic E-state index is -0.269. The van der Waals surface area contributed by atoms with Crippen molar-refractivity contribution in [2.75, 3.05) is 11.9 Å². The smallest absolute Gasteiger partial charge is 0.273 e. The fourth-order valence-electron chi connectivity index (χ4n) is 2.26. The molecule has 0 bridgehead atoms. The molecule has 146 valence electrons. The molecule has 2 aromatic heterocycles. The summed E-state index contributed by atoms with van der Waals surface area (Å²) in [6.07, 6.45) is 0. The van der Waals surface area contributed by atoms with Crippen LogP contribution in [0.2, 0.25) is 0 Å². The van der Waals surface area contributed by atoms with Crippen LogP contribution in [0, 0.1) is 5.92 Å². The number of ether oxygens (including phenoxy) is 1. The van der Waals surface area contributed by atoms with E-state index in [-0.39, 0.29) is 24.1 Å². The van der Waals surface area contributed by atoms with Gasteiger partial charge in [-0.15, -0.1) is 11.3 Å². The van der Waals surface area contributed by atoms with Crippen molar-refractivity contribution >= 4 is 28.8 Å². The van der Waals surface area contributed by atoms with Crippen LogP contribution in [0.1, 0.15) is 39.8 Å². The fraction of sp³-hybridized carbons (Fsp3) is 0.250. The summed E-state index contributed by atoms with van der Waals surface area (Å²) in [6, 6.07) is 12.2. The Morgan fingerprint density at radius 3 is 2.64 bits per heavy atom. The van der Waals surface area contributed by atoms with Crippen LogP contribution < -0.4 is 15.4 Å². The molecular weight excluding hydrogens is 378 g/mol. The number of rotatable bonds is 8. The van der Waals surface area contributed by atoms with Crippen LogP contribution >= 0.6 is 11.3 Å². The Labute approximate surface area is 166 Å². The molecule has 0 radical (unpaired) electrons. The second kappa shape index (κ2) is 9.18. The SMILES string of the molecule is CC(C)CNC(=O)c1cc(COc2ccc(NC(=O)c3cccs3)cc2)on1. The van der Waals surface area contributed by atoms with E-state index in [4.69, 9.17) is 9.26 Å². The number of nitrogens with zero attached hydrogens (tertiary/aromatic N) is 1. The topological polar surface area (TPSA) is 93.5 Å². The van der Waals surface area contributed by atoms with E-state index in [0.717, 1.165) is 0 Å². The number of anilines is 1. The molecule has 7 nitrogen and oxygen atoms in total. The molecule has 1 aromatic carbocycles. The molecule has 2 N–H and O–H groups in total. The summed E-state index contributed by atoms with van der Waals surface area (Å²) in [5.74, 6) is 1.00. The van der Waals surface area contributed by atoms with Gasteiger partial charge in [0.25, 0.3) is 11.8 Å². The van der Waals surface area contributed by atoms with Gasteiger partial charge in [0.2, 0.25) is 0 Å². The Hall–Kier alpha value is -3.13. The number of nitrogens with one attached hydrogen (secondary N) is 2. The number of thiophene rings is 1. The molecule has 2 heterocycles. The molecule has 0 unspecified atom stereocenters. The number of amides is 2. The third-order valence-electron chi connectivity index (χ3n) is 3.70. The highest BCUT2D eigenvalue weighted by atomic mass is 32.1. The minimum Gasteiger partial charge on any atom is -0.486 e. The lowest BCUT2D eigenvalue weighted by atomic mass is 10.2.